The van der Waals surface area contributed by atoms with Gasteiger partial charge in [-0.2, -0.15) is 0 Å². The standard InChI is InChI=1S/C8H17NO2/c1-4-5-8(11)9(3)7(2)6-10/h7,10H,4-6H2,1-3H3. The molecule has 0 aromatic heterocycles. The molecule has 0 aromatic rings. The van der Waals surface area contributed by atoms with Crippen molar-refractivity contribution in [2.75, 3.05) is 13.7 Å². The third kappa shape index (κ3) is 3.37. The van der Waals surface area contributed by atoms with E-state index in [9.17, 15) is 4.79 Å². The Morgan fingerprint density at radius 1 is 1.64 bits per heavy atom. The van der Waals surface area contributed by atoms with Crippen LogP contribution in [0.15, 0.2) is 0 Å². The molecule has 3 nitrogen and oxygen atoms in total. The van der Waals surface area contributed by atoms with Crippen molar-refractivity contribution in [3.8, 4) is 0 Å². The van der Waals surface area contributed by atoms with Gasteiger partial charge in [0.15, 0.2) is 0 Å². The van der Waals surface area contributed by atoms with Gasteiger partial charge in [0.25, 0.3) is 0 Å². The van der Waals surface area contributed by atoms with Gasteiger partial charge in [-0.05, 0) is 13.3 Å². The highest BCUT2D eigenvalue weighted by atomic mass is 16.3. The van der Waals surface area contributed by atoms with E-state index in [1.807, 2.05) is 13.8 Å². The summed E-state index contributed by atoms with van der Waals surface area (Å²) in [5.41, 5.74) is 0. The van der Waals surface area contributed by atoms with Gasteiger partial charge in [-0.3, -0.25) is 4.79 Å². The molecule has 1 unspecified atom stereocenters. The molecule has 0 aliphatic heterocycles. The Morgan fingerprint density at radius 2 is 2.18 bits per heavy atom. The number of carbonyl (C=O) groups is 1. The molecular weight excluding hydrogens is 142 g/mol. The normalized spacial score (nSPS) is 12.7. The Balaban J connectivity index is 3.80. The molecule has 0 heterocycles. The number of aliphatic hydroxyl groups excluding tert-OH is 1. The van der Waals surface area contributed by atoms with Crippen molar-refractivity contribution in [1.82, 2.24) is 4.90 Å². The van der Waals surface area contributed by atoms with Gasteiger partial charge in [-0.15, -0.1) is 0 Å². The SMILES string of the molecule is CCCC(=O)N(C)C(C)CO. The predicted octanol–water partition coefficient (Wildman–Crippen LogP) is 0.626. The summed E-state index contributed by atoms with van der Waals surface area (Å²) < 4.78 is 0. The zero-order valence-corrected chi connectivity index (χ0v) is 7.50. The van der Waals surface area contributed by atoms with E-state index < -0.39 is 0 Å². The summed E-state index contributed by atoms with van der Waals surface area (Å²) >= 11 is 0. The van der Waals surface area contributed by atoms with Crippen LogP contribution in [0.25, 0.3) is 0 Å². The zero-order valence-electron chi connectivity index (χ0n) is 7.50. The molecule has 1 N–H and O–H groups in total. The molecule has 11 heavy (non-hydrogen) atoms. The summed E-state index contributed by atoms with van der Waals surface area (Å²) in [5.74, 6) is 0.106. The van der Waals surface area contributed by atoms with Gasteiger partial charge < -0.3 is 10.0 Å². The molecule has 0 bridgehead atoms. The molecule has 0 saturated heterocycles. The average Bonchev–Trinajstić information content (AvgIpc) is 2.02. The number of likely N-dealkylation sites (N-methyl/N-ethyl adjacent to an activating group) is 1. The zero-order chi connectivity index (χ0) is 8.85. The molecule has 0 fully saturated rings. The van der Waals surface area contributed by atoms with Gasteiger partial charge in [0.05, 0.1) is 12.6 Å². The fourth-order valence-corrected chi connectivity index (χ4v) is 0.759. The molecular formula is C8H17NO2. The molecule has 0 aromatic carbocycles. The highest BCUT2D eigenvalue weighted by Crippen LogP contribution is 1.99. The summed E-state index contributed by atoms with van der Waals surface area (Å²) in [5, 5.41) is 8.73. The molecule has 0 spiro atoms. The molecule has 66 valence electrons. The predicted molar refractivity (Wildman–Crippen MR) is 44.2 cm³/mol. The first-order chi connectivity index (χ1) is 5.13. The second-order valence-electron chi connectivity index (χ2n) is 2.79. The van der Waals surface area contributed by atoms with Gasteiger partial charge in [0, 0.05) is 13.5 Å². The highest BCUT2D eigenvalue weighted by molar-refractivity contribution is 5.76. The van der Waals surface area contributed by atoms with Crippen LogP contribution >= 0.6 is 0 Å². The van der Waals surface area contributed by atoms with Crippen LogP contribution in [0.5, 0.6) is 0 Å². The minimum Gasteiger partial charge on any atom is -0.394 e. The monoisotopic (exact) mass is 159 g/mol. The van der Waals surface area contributed by atoms with E-state index in [2.05, 4.69) is 0 Å². The summed E-state index contributed by atoms with van der Waals surface area (Å²) in [6, 6.07) is -0.0611. The van der Waals surface area contributed by atoms with E-state index >= 15 is 0 Å². The van der Waals surface area contributed by atoms with Crippen molar-refractivity contribution >= 4 is 5.91 Å². The third-order valence-corrected chi connectivity index (χ3v) is 1.78. The maximum atomic E-state index is 11.2. The van der Waals surface area contributed by atoms with Crippen molar-refractivity contribution in [2.45, 2.75) is 32.7 Å². The Bertz CT molecular complexity index is 125. The Morgan fingerprint density at radius 3 is 2.55 bits per heavy atom. The van der Waals surface area contributed by atoms with E-state index in [1.165, 1.54) is 0 Å². The van der Waals surface area contributed by atoms with Gasteiger partial charge in [-0.25, -0.2) is 0 Å². The van der Waals surface area contributed by atoms with Crippen LogP contribution in [0.1, 0.15) is 26.7 Å². The molecule has 1 atom stereocenters. The number of aliphatic hydroxyl groups is 1. The lowest BCUT2D eigenvalue weighted by molar-refractivity contribution is -0.132. The van der Waals surface area contributed by atoms with Crippen molar-refractivity contribution in [1.29, 1.82) is 0 Å². The quantitative estimate of drug-likeness (QED) is 0.653. The number of nitrogens with zero attached hydrogens (tertiary/aromatic N) is 1. The van der Waals surface area contributed by atoms with Gasteiger partial charge in [0.2, 0.25) is 5.91 Å². The molecule has 0 radical (unpaired) electrons. The first kappa shape index (κ1) is 10.4. The van der Waals surface area contributed by atoms with Crippen LogP contribution in [0.3, 0.4) is 0 Å². The second-order valence-corrected chi connectivity index (χ2v) is 2.79. The van der Waals surface area contributed by atoms with Crippen molar-refractivity contribution in [2.24, 2.45) is 0 Å². The maximum absolute atomic E-state index is 11.2. The molecule has 0 rings (SSSR count). The van der Waals surface area contributed by atoms with Gasteiger partial charge in [-0.1, -0.05) is 6.92 Å². The fourth-order valence-electron chi connectivity index (χ4n) is 0.759. The smallest absolute Gasteiger partial charge is 0.222 e. The maximum Gasteiger partial charge on any atom is 0.222 e. The van der Waals surface area contributed by atoms with Crippen molar-refractivity contribution in [3.05, 3.63) is 0 Å². The van der Waals surface area contributed by atoms with Crippen LogP contribution in [-0.4, -0.2) is 35.6 Å². The fraction of sp³-hybridized carbons (Fsp3) is 0.875. The Kier molecular flexibility index (Phi) is 4.86. The van der Waals surface area contributed by atoms with E-state index in [0.717, 1.165) is 6.42 Å². The molecule has 0 saturated carbocycles. The van der Waals surface area contributed by atoms with Crippen molar-refractivity contribution < 1.29 is 9.90 Å². The van der Waals surface area contributed by atoms with Crippen molar-refractivity contribution in [3.63, 3.8) is 0 Å². The average molecular weight is 159 g/mol. The summed E-state index contributed by atoms with van der Waals surface area (Å²) in [6.45, 7) is 3.83. The van der Waals surface area contributed by atoms with E-state index in [0.29, 0.717) is 6.42 Å². The van der Waals surface area contributed by atoms with Gasteiger partial charge in [0.1, 0.15) is 0 Å². The largest absolute Gasteiger partial charge is 0.394 e. The second kappa shape index (κ2) is 5.13. The number of hydrogen-bond acceptors (Lipinski definition) is 2. The van der Waals surface area contributed by atoms with Gasteiger partial charge >= 0.3 is 0 Å². The first-order valence-corrected chi connectivity index (χ1v) is 4.00. The summed E-state index contributed by atoms with van der Waals surface area (Å²) in [4.78, 5) is 12.7. The lowest BCUT2D eigenvalue weighted by Crippen LogP contribution is -2.37. The topological polar surface area (TPSA) is 40.5 Å². The van der Waals surface area contributed by atoms with Crippen LogP contribution in [0.4, 0.5) is 0 Å². The van der Waals surface area contributed by atoms with E-state index in [1.54, 1.807) is 11.9 Å². The molecule has 3 heteroatoms. The Hall–Kier alpha value is -0.570. The number of amides is 1. The summed E-state index contributed by atoms with van der Waals surface area (Å²) in [6.07, 6.45) is 1.43. The van der Waals surface area contributed by atoms with E-state index in [-0.39, 0.29) is 18.6 Å². The minimum atomic E-state index is -0.0611. The highest BCUT2D eigenvalue weighted by Gasteiger charge is 2.12. The van der Waals surface area contributed by atoms with Crippen LogP contribution in [0.2, 0.25) is 0 Å². The molecule has 1 amide bonds. The lowest BCUT2D eigenvalue weighted by Gasteiger charge is -2.22. The first-order valence-electron chi connectivity index (χ1n) is 4.00. The number of carbonyl (C=O) groups excluding carboxylic acids is 1. The van der Waals surface area contributed by atoms with Crippen LogP contribution < -0.4 is 0 Å². The summed E-state index contributed by atoms with van der Waals surface area (Å²) in [7, 11) is 1.72. The Labute approximate surface area is 68.0 Å². The van der Waals surface area contributed by atoms with Crippen LogP contribution in [-0.2, 0) is 4.79 Å². The lowest BCUT2D eigenvalue weighted by atomic mass is 10.2. The minimum absolute atomic E-state index is 0.0337. The van der Waals surface area contributed by atoms with E-state index in [4.69, 9.17) is 5.11 Å². The third-order valence-electron chi connectivity index (χ3n) is 1.78. The number of hydrogen-bond donors (Lipinski definition) is 1. The van der Waals surface area contributed by atoms with Crippen LogP contribution in [0, 0.1) is 0 Å². The number of rotatable bonds is 4. The molecule has 0 aliphatic carbocycles. The molecule has 0 aliphatic rings.